The number of aromatic nitrogens is 2. The summed E-state index contributed by atoms with van der Waals surface area (Å²) in [7, 11) is 2.04. The minimum absolute atomic E-state index is 0.892. The number of nitrogens with one attached hydrogen (secondary N) is 1. The topological polar surface area (TPSA) is 29.9 Å². The fourth-order valence-electron chi connectivity index (χ4n) is 1.71. The Morgan fingerprint density at radius 2 is 2.19 bits per heavy atom. The van der Waals surface area contributed by atoms with Crippen LogP contribution in [0.2, 0.25) is 0 Å². The van der Waals surface area contributed by atoms with E-state index < -0.39 is 0 Å². The Labute approximate surface area is 96.1 Å². The molecule has 0 saturated heterocycles. The molecule has 2 rings (SSSR count). The van der Waals surface area contributed by atoms with E-state index in [1.165, 1.54) is 16.7 Å². The van der Waals surface area contributed by atoms with Crippen LogP contribution in [0.25, 0.3) is 0 Å². The zero-order valence-corrected chi connectivity index (χ0v) is 9.77. The summed E-state index contributed by atoms with van der Waals surface area (Å²) in [6.07, 6.45) is 7.94. The van der Waals surface area contributed by atoms with Crippen molar-refractivity contribution in [3.8, 4) is 0 Å². The van der Waals surface area contributed by atoms with Gasteiger partial charge in [0.2, 0.25) is 0 Å². The van der Waals surface area contributed by atoms with Gasteiger partial charge in [0.05, 0.1) is 0 Å². The van der Waals surface area contributed by atoms with Crippen molar-refractivity contribution < 1.29 is 0 Å². The highest BCUT2D eigenvalue weighted by Gasteiger charge is 1.98. The van der Waals surface area contributed by atoms with Gasteiger partial charge in [-0.2, -0.15) is 0 Å². The highest BCUT2D eigenvalue weighted by Crippen LogP contribution is 2.05. The third-order valence-electron chi connectivity index (χ3n) is 2.67. The van der Waals surface area contributed by atoms with E-state index in [4.69, 9.17) is 0 Å². The molecule has 0 aliphatic carbocycles. The van der Waals surface area contributed by atoms with E-state index in [0.717, 1.165) is 13.1 Å². The standard InChI is InChI=1S/C13H17N3/c1-11-7-14-5-3-13(11)9-15-8-12-4-6-16(2)10-12/h3-7,10,15H,8-9H2,1-2H3. The first-order chi connectivity index (χ1) is 7.75. The zero-order valence-electron chi connectivity index (χ0n) is 9.77. The quantitative estimate of drug-likeness (QED) is 0.845. The van der Waals surface area contributed by atoms with E-state index in [9.17, 15) is 0 Å². The van der Waals surface area contributed by atoms with E-state index in [0.29, 0.717) is 0 Å². The number of hydrogen-bond acceptors (Lipinski definition) is 2. The molecule has 3 heteroatoms. The predicted octanol–water partition coefficient (Wildman–Crippen LogP) is 2.02. The largest absolute Gasteiger partial charge is 0.357 e. The van der Waals surface area contributed by atoms with Crippen molar-refractivity contribution in [1.29, 1.82) is 0 Å². The molecule has 2 aromatic rings. The predicted molar refractivity (Wildman–Crippen MR) is 64.9 cm³/mol. The fourth-order valence-corrected chi connectivity index (χ4v) is 1.71. The van der Waals surface area contributed by atoms with Crippen LogP contribution in [0.5, 0.6) is 0 Å². The molecule has 16 heavy (non-hydrogen) atoms. The Morgan fingerprint density at radius 3 is 2.88 bits per heavy atom. The smallest absolute Gasteiger partial charge is 0.0300 e. The summed E-state index contributed by atoms with van der Waals surface area (Å²) in [5, 5.41) is 3.43. The van der Waals surface area contributed by atoms with Gasteiger partial charge in [-0.25, -0.2) is 0 Å². The maximum atomic E-state index is 4.08. The van der Waals surface area contributed by atoms with Crippen molar-refractivity contribution in [3.05, 3.63) is 53.6 Å². The molecule has 2 heterocycles. The van der Waals surface area contributed by atoms with Gasteiger partial charge in [-0.3, -0.25) is 4.98 Å². The molecule has 0 radical (unpaired) electrons. The lowest BCUT2D eigenvalue weighted by Crippen LogP contribution is -2.13. The van der Waals surface area contributed by atoms with Crippen molar-refractivity contribution in [2.45, 2.75) is 20.0 Å². The van der Waals surface area contributed by atoms with E-state index in [1.807, 2.05) is 19.4 Å². The van der Waals surface area contributed by atoms with Crippen LogP contribution < -0.4 is 5.32 Å². The summed E-state index contributed by atoms with van der Waals surface area (Å²) in [4.78, 5) is 4.08. The maximum absolute atomic E-state index is 4.08. The summed E-state index contributed by atoms with van der Waals surface area (Å²) >= 11 is 0. The summed E-state index contributed by atoms with van der Waals surface area (Å²) in [5.74, 6) is 0. The van der Waals surface area contributed by atoms with Crippen molar-refractivity contribution in [3.63, 3.8) is 0 Å². The number of hydrogen-bond donors (Lipinski definition) is 1. The fraction of sp³-hybridized carbons (Fsp3) is 0.308. The molecular formula is C13H17N3. The van der Waals surface area contributed by atoms with Crippen LogP contribution in [-0.4, -0.2) is 9.55 Å². The van der Waals surface area contributed by atoms with Gasteiger partial charge < -0.3 is 9.88 Å². The van der Waals surface area contributed by atoms with Gasteiger partial charge in [-0.15, -0.1) is 0 Å². The van der Waals surface area contributed by atoms with E-state index in [1.54, 1.807) is 0 Å². The minimum Gasteiger partial charge on any atom is -0.357 e. The molecule has 0 atom stereocenters. The molecular weight excluding hydrogens is 198 g/mol. The lowest BCUT2D eigenvalue weighted by Gasteiger charge is -2.06. The molecule has 2 aromatic heterocycles. The number of pyridine rings is 1. The first-order valence-electron chi connectivity index (χ1n) is 5.47. The average Bonchev–Trinajstić information content (AvgIpc) is 2.67. The molecule has 0 aromatic carbocycles. The van der Waals surface area contributed by atoms with Gasteiger partial charge in [0.25, 0.3) is 0 Å². The Hall–Kier alpha value is -1.61. The minimum atomic E-state index is 0.892. The van der Waals surface area contributed by atoms with E-state index in [-0.39, 0.29) is 0 Å². The van der Waals surface area contributed by atoms with Crippen molar-refractivity contribution >= 4 is 0 Å². The monoisotopic (exact) mass is 215 g/mol. The molecule has 0 fully saturated rings. The lowest BCUT2D eigenvalue weighted by atomic mass is 10.1. The molecule has 0 unspecified atom stereocenters. The Bertz CT molecular complexity index is 460. The van der Waals surface area contributed by atoms with Crippen LogP contribution in [0.4, 0.5) is 0 Å². The van der Waals surface area contributed by atoms with Gasteiger partial charge in [-0.05, 0) is 35.7 Å². The lowest BCUT2D eigenvalue weighted by molar-refractivity contribution is 0.688. The second-order valence-corrected chi connectivity index (χ2v) is 4.09. The molecule has 0 spiro atoms. The summed E-state index contributed by atoms with van der Waals surface area (Å²) in [6, 6.07) is 4.19. The van der Waals surface area contributed by atoms with Crippen LogP contribution in [0.1, 0.15) is 16.7 Å². The first kappa shape index (κ1) is 10.9. The normalized spacial score (nSPS) is 10.6. The van der Waals surface area contributed by atoms with Gasteiger partial charge >= 0.3 is 0 Å². The van der Waals surface area contributed by atoms with E-state index in [2.05, 4.69) is 46.3 Å². The van der Waals surface area contributed by atoms with Crippen molar-refractivity contribution in [2.24, 2.45) is 7.05 Å². The van der Waals surface area contributed by atoms with Gasteiger partial charge in [0, 0.05) is 44.9 Å². The molecule has 0 aliphatic rings. The van der Waals surface area contributed by atoms with Gasteiger partial charge in [0.15, 0.2) is 0 Å². The van der Waals surface area contributed by atoms with Gasteiger partial charge in [-0.1, -0.05) is 0 Å². The SMILES string of the molecule is Cc1cnccc1CNCc1ccn(C)c1. The summed E-state index contributed by atoms with van der Waals surface area (Å²) < 4.78 is 2.06. The van der Waals surface area contributed by atoms with Crippen molar-refractivity contribution in [2.75, 3.05) is 0 Å². The van der Waals surface area contributed by atoms with Crippen molar-refractivity contribution in [1.82, 2.24) is 14.9 Å². The second-order valence-electron chi connectivity index (χ2n) is 4.09. The second kappa shape index (κ2) is 4.94. The highest BCUT2D eigenvalue weighted by atomic mass is 14.9. The molecule has 0 saturated carbocycles. The summed E-state index contributed by atoms with van der Waals surface area (Å²) in [6.45, 7) is 3.89. The number of rotatable bonds is 4. The van der Waals surface area contributed by atoms with Crippen LogP contribution >= 0.6 is 0 Å². The molecule has 0 aliphatic heterocycles. The molecule has 0 bridgehead atoms. The number of aryl methyl sites for hydroxylation is 2. The average molecular weight is 215 g/mol. The molecule has 1 N–H and O–H groups in total. The number of nitrogens with zero attached hydrogens (tertiary/aromatic N) is 2. The third kappa shape index (κ3) is 2.70. The zero-order chi connectivity index (χ0) is 11.4. The Kier molecular flexibility index (Phi) is 3.37. The molecule has 0 amide bonds. The van der Waals surface area contributed by atoms with Crippen LogP contribution in [0.15, 0.2) is 36.9 Å². The Morgan fingerprint density at radius 1 is 1.31 bits per heavy atom. The third-order valence-corrected chi connectivity index (χ3v) is 2.67. The molecule has 84 valence electrons. The highest BCUT2D eigenvalue weighted by molar-refractivity contribution is 5.21. The van der Waals surface area contributed by atoms with Crippen LogP contribution in [0, 0.1) is 6.92 Å². The first-order valence-corrected chi connectivity index (χ1v) is 5.47. The van der Waals surface area contributed by atoms with Crippen LogP contribution in [-0.2, 0) is 20.1 Å². The maximum Gasteiger partial charge on any atom is 0.0300 e. The van der Waals surface area contributed by atoms with E-state index >= 15 is 0 Å². The summed E-state index contributed by atoms with van der Waals surface area (Å²) in [5.41, 5.74) is 3.86. The Balaban J connectivity index is 1.87. The van der Waals surface area contributed by atoms with Crippen LogP contribution in [0.3, 0.4) is 0 Å². The van der Waals surface area contributed by atoms with Gasteiger partial charge in [0.1, 0.15) is 0 Å². The molecule has 3 nitrogen and oxygen atoms in total.